The van der Waals surface area contributed by atoms with Gasteiger partial charge in [0.2, 0.25) is 0 Å². The molecule has 0 unspecified atom stereocenters. The van der Waals surface area contributed by atoms with Crippen molar-refractivity contribution in [1.29, 1.82) is 5.41 Å². The maximum absolute atomic E-state index is 10.7. The van der Waals surface area contributed by atoms with E-state index < -0.39 is 0 Å². The molecule has 3 aromatic rings. The molecule has 7 nitrogen and oxygen atoms in total. The molecule has 2 aliphatic rings. The van der Waals surface area contributed by atoms with Crippen LogP contribution in [0.4, 0.5) is 11.4 Å². The standard InChI is InChI=1S/C23H24ClN5O2/c1-31-20-8-6-15(11-16(20)24)29-13-19(30)21(22(29)25)23-26-17-7-5-14(12-18(17)27-23)28-9-3-2-4-10-28/h5-8,11-12,25,30H,2-4,9-10,13H2,1H3,(H,26,27). The van der Waals surface area contributed by atoms with E-state index >= 15 is 0 Å². The molecule has 0 bridgehead atoms. The van der Waals surface area contributed by atoms with Crippen molar-refractivity contribution in [3.05, 3.63) is 53.0 Å². The van der Waals surface area contributed by atoms with Crippen molar-refractivity contribution < 1.29 is 9.84 Å². The molecule has 160 valence electrons. The summed E-state index contributed by atoms with van der Waals surface area (Å²) in [6.07, 6.45) is 3.73. The first-order chi connectivity index (χ1) is 15.0. The Hall–Kier alpha value is -3.19. The number of aliphatic hydroxyl groups is 1. The Morgan fingerprint density at radius 2 is 1.87 bits per heavy atom. The molecule has 0 saturated carbocycles. The molecule has 3 heterocycles. The first-order valence-corrected chi connectivity index (χ1v) is 10.8. The summed E-state index contributed by atoms with van der Waals surface area (Å²) in [5, 5.41) is 19.8. The molecule has 3 N–H and O–H groups in total. The Morgan fingerprint density at radius 3 is 2.61 bits per heavy atom. The number of nitrogens with zero attached hydrogens (tertiary/aromatic N) is 3. The minimum Gasteiger partial charge on any atom is -0.509 e. The Balaban J connectivity index is 1.44. The van der Waals surface area contributed by atoms with Crippen LogP contribution in [-0.2, 0) is 0 Å². The number of benzene rings is 2. The topological polar surface area (TPSA) is 88.5 Å². The highest BCUT2D eigenvalue weighted by Crippen LogP contribution is 2.35. The summed E-state index contributed by atoms with van der Waals surface area (Å²) < 4.78 is 5.21. The van der Waals surface area contributed by atoms with Crippen LogP contribution >= 0.6 is 11.6 Å². The third-order valence-electron chi connectivity index (χ3n) is 5.97. The average molecular weight is 438 g/mol. The number of aliphatic hydroxyl groups excluding tert-OH is 1. The molecular weight excluding hydrogens is 414 g/mol. The SMILES string of the molecule is COc1ccc(N2CC(O)=C(c3nc4ccc(N5CCCCC5)cc4[nH]3)C2=N)cc1Cl. The van der Waals surface area contributed by atoms with Crippen LogP contribution in [-0.4, -0.2) is 47.7 Å². The second-order valence-electron chi connectivity index (χ2n) is 7.91. The number of aromatic amines is 1. The van der Waals surface area contributed by atoms with E-state index in [9.17, 15) is 5.11 Å². The van der Waals surface area contributed by atoms with Gasteiger partial charge in [0.05, 0.1) is 35.3 Å². The van der Waals surface area contributed by atoms with E-state index in [-0.39, 0.29) is 18.1 Å². The quantitative estimate of drug-likeness (QED) is 0.535. The lowest BCUT2D eigenvalue weighted by atomic mass is 10.1. The molecule has 5 rings (SSSR count). The second kappa shape index (κ2) is 7.81. The van der Waals surface area contributed by atoms with Gasteiger partial charge >= 0.3 is 0 Å². The average Bonchev–Trinajstić information content (AvgIpc) is 3.33. The van der Waals surface area contributed by atoms with E-state index in [1.807, 2.05) is 12.1 Å². The molecular formula is C23H24ClN5O2. The van der Waals surface area contributed by atoms with Crippen molar-refractivity contribution in [2.24, 2.45) is 0 Å². The number of hydrogen-bond acceptors (Lipinski definition) is 5. The first-order valence-electron chi connectivity index (χ1n) is 10.4. The molecule has 1 fully saturated rings. The van der Waals surface area contributed by atoms with Gasteiger partial charge in [-0.2, -0.15) is 0 Å². The summed E-state index contributed by atoms with van der Waals surface area (Å²) in [7, 11) is 1.56. The normalized spacial score (nSPS) is 17.2. The number of fused-ring (bicyclic) bond motifs is 1. The lowest BCUT2D eigenvalue weighted by Crippen LogP contribution is -2.29. The van der Waals surface area contributed by atoms with Gasteiger partial charge in [-0.25, -0.2) is 4.98 Å². The third kappa shape index (κ3) is 3.49. The lowest BCUT2D eigenvalue weighted by Gasteiger charge is -2.28. The van der Waals surface area contributed by atoms with Crippen LogP contribution in [0.5, 0.6) is 5.75 Å². The molecule has 2 aromatic carbocycles. The largest absolute Gasteiger partial charge is 0.509 e. The van der Waals surface area contributed by atoms with Crippen molar-refractivity contribution >= 4 is 45.4 Å². The van der Waals surface area contributed by atoms with Crippen molar-refractivity contribution in [3.8, 4) is 5.75 Å². The van der Waals surface area contributed by atoms with E-state index in [0.717, 1.165) is 24.1 Å². The molecule has 8 heteroatoms. The second-order valence-corrected chi connectivity index (χ2v) is 8.32. The minimum atomic E-state index is 0.104. The number of anilines is 2. The summed E-state index contributed by atoms with van der Waals surface area (Å²) in [5.41, 5.74) is 4.01. The van der Waals surface area contributed by atoms with Gasteiger partial charge in [0.25, 0.3) is 0 Å². The van der Waals surface area contributed by atoms with Gasteiger partial charge in [0.15, 0.2) is 0 Å². The predicted octanol–water partition coefficient (Wildman–Crippen LogP) is 4.98. The summed E-state index contributed by atoms with van der Waals surface area (Å²) in [6, 6.07) is 11.5. The number of aromatic nitrogens is 2. The Labute approximate surface area is 185 Å². The van der Waals surface area contributed by atoms with Crippen molar-refractivity contribution in [1.82, 2.24) is 9.97 Å². The Kier molecular flexibility index (Phi) is 4.98. The molecule has 31 heavy (non-hydrogen) atoms. The van der Waals surface area contributed by atoms with Crippen molar-refractivity contribution in [2.75, 3.05) is 36.5 Å². The number of rotatable bonds is 4. The third-order valence-corrected chi connectivity index (χ3v) is 6.27. The van der Waals surface area contributed by atoms with Crippen LogP contribution < -0.4 is 14.5 Å². The van der Waals surface area contributed by atoms with Gasteiger partial charge in [-0.1, -0.05) is 11.6 Å². The summed E-state index contributed by atoms with van der Waals surface area (Å²) in [5.74, 6) is 1.34. The van der Waals surface area contributed by atoms with Crippen LogP contribution in [0.25, 0.3) is 16.6 Å². The Morgan fingerprint density at radius 1 is 1.10 bits per heavy atom. The minimum absolute atomic E-state index is 0.104. The monoisotopic (exact) mass is 437 g/mol. The number of imidazole rings is 1. The van der Waals surface area contributed by atoms with E-state index in [0.29, 0.717) is 27.9 Å². The zero-order chi connectivity index (χ0) is 21.5. The van der Waals surface area contributed by atoms with Gasteiger partial charge in [-0.05, 0) is 55.7 Å². The van der Waals surface area contributed by atoms with Crippen LogP contribution in [0.1, 0.15) is 25.1 Å². The highest BCUT2D eigenvalue weighted by Gasteiger charge is 2.31. The maximum Gasteiger partial charge on any atom is 0.145 e. The molecule has 1 saturated heterocycles. The van der Waals surface area contributed by atoms with Crippen LogP contribution in [0.15, 0.2) is 42.2 Å². The number of H-pyrrole nitrogens is 1. The van der Waals surface area contributed by atoms with Gasteiger partial charge in [-0.3, -0.25) is 5.41 Å². The fourth-order valence-electron chi connectivity index (χ4n) is 4.34. The summed E-state index contributed by atoms with van der Waals surface area (Å²) >= 11 is 6.26. The van der Waals surface area contributed by atoms with E-state index in [4.69, 9.17) is 21.7 Å². The fraction of sp³-hybridized carbons (Fsp3) is 0.304. The lowest BCUT2D eigenvalue weighted by molar-refractivity contribution is 0.411. The number of halogens is 1. The van der Waals surface area contributed by atoms with E-state index in [1.54, 1.807) is 24.1 Å². The summed E-state index contributed by atoms with van der Waals surface area (Å²) in [6.45, 7) is 2.33. The predicted molar refractivity (Wildman–Crippen MR) is 125 cm³/mol. The van der Waals surface area contributed by atoms with Crippen molar-refractivity contribution in [3.63, 3.8) is 0 Å². The Bertz CT molecular complexity index is 1200. The zero-order valence-electron chi connectivity index (χ0n) is 17.3. The van der Waals surface area contributed by atoms with Gasteiger partial charge < -0.3 is 24.6 Å². The number of hydrogen-bond donors (Lipinski definition) is 3. The molecule has 0 amide bonds. The molecule has 0 atom stereocenters. The van der Waals surface area contributed by atoms with Crippen LogP contribution in [0.3, 0.4) is 0 Å². The zero-order valence-corrected chi connectivity index (χ0v) is 18.0. The molecule has 2 aliphatic heterocycles. The smallest absolute Gasteiger partial charge is 0.145 e. The van der Waals surface area contributed by atoms with E-state index in [1.165, 1.54) is 24.9 Å². The van der Waals surface area contributed by atoms with E-state index in [2.05, 4.69) is 27.0 Å². The van der Waals surface area contributed by atoms with Gasteiger partial charge in [0.1, 0.15) is 23.2 Å². The molecule has 0 aliphatic carbocycles. The van der Waals surface area contributed by atoms with Crippen LogP contribution in [0.2, 0.25) is 5.02 Å². The number of amidine groups is 1. The van der Waals surface area contributed by atoms with Crippen molar-refractivity contribution in [2.45, 2.75) is 19.3 Å². The molecule has 0 radical (unpaired) electrons. The first kappa shape index (κ1) is 19.8. The molecule has 1 aromatic heterocycles. The number of methoxy groups -OCH3 is 1. The highest BCUT2D eigenvalue weighted by atomic mass is 35.5. The number of ether oxygens (including phenoxy) is 1. The number of piperidine rings is 1. The fourth-order valence-corrected chi connectivity index (χ4v) is 4.59. The highest BCUT2D eigenvalue weighted by molar-refractivity contribution is 6.33. The van der Waals surface area contributed by atoms with Gasteiger partial charge in [-0.15, -0.1) is 0 Å². The molecule has 0 spiro atoms. The maximum atomic E-state index is 10.7. The summed E-state index contributed by atoms with van der Waals surface area (Å²) in [4.78, 5) is 12.1. The van der Waals surface area contributed by atoms with Gasteiger partial charge in [0, 0.05) is 24.5 Å². The number of nitrogens with one attached hydrogen (secondary N) is 2. The van der Waals surface area contributed by atoms with Crippen LogP contribution in [0, 0.1) is 5.41 Å².